The molecule has 2 heterocycles. The van der Waals surface area contributed by atoms with E-state index in [2.05, 4.69) is 17.6 Å². The molecule has 2 saturated heterocycles. The van der Waals surface area contributed by atoms with Crippen LogP contribution in [0.2, 0.25) is 0 Å². The molecule has 2 amide bonds. The van der Waals surface area contributed by atoms with E-state index in [0.29, 0.717) is 29.5 Å². The fraction of sp³-hybridized carbons (Fsp3) is 0.600. The first-order chi connectivity index (χ1) is 12.6. The van der Waals surface area contributed by atoms with Crippen LogP contribution in [-0.4, -0.2) is 54.4 Å². The summed E-state index contributed by atoms with van der Waals surface area (Å²) in [6, 6.07) is 7.33. The Morgan fingerprint density at radius 3 is 2.81 bits per heavy atom. The van der Waals surface area contributed by atoms with Crippen molar-refractivity contribution < 1.29 is 9.59 Å². The Morgan fingerprint density at radius 2 is 2.11 bits per heavy atom. The number of halogens is 1. The average molecular weight is 412 g/mol. The zero-order valence-corrected chi connectivity index (χ0v) is 17.5. The number of piperidine rings is 1. The van der Waals surface area contributed by atoms with Crippen LogP contribution in [0.4, 0.5) is 5.69 Å². The van der Waals surface area contributed by atoms with E-state index < -0.39 is 0 Å². The van der Waals surface area contributed by atoms with Gasteiger partial charge in [-0.3, -0.25) is 9.59 Å². The summed E-state index contributed by atoms with van der Waals surface area (Å²) >= 11 is 1.88. The molecule has 2 aliphatic heterocycles. The van der Waals surface area contributed by atoms with Gasteiger partial charge in [0.15, 0.2) is 0 Å². The molecule has 5 nitrogen and oxygen atoms in total. The Kier molecular flexibility index (Phi) is 8.93. The van der Waals surface area contributed by atoms with Crippen LogP contribution in [0.25, 0.3) is 0 Å². The first kappa shape index (κ1) is 22.1. The number of hydrogen-bond acceptors (Lipinski definition) is 4. The van der Waals surface area contributed by atoms with Gasteiger partial charge in [0.05, 0.1) is 0 Å². The highest BCUT2D eigenvalue weighted by Gasteiger charge is 2.22. The summed E-state index contributed by atoms with van der Waals surface area (Å²) in [5.41, 5.74) is 1.36. The van der Waals surface area contributed by atoms with Crippen LogP contribution in [0.5, 0.6) is 0 Å². The normalized spacial score (nSPS) is 21.1. The molecule has 2 unspecified atom stereocenters. The van der Waals surface area contributed by atoms with Crippen molar-refractivity contribution in [3.8, 4) is 0 Å². The number of anilines is 1. The van der Waals surface area contributed by atoms with Crippen molar-refractivity contribution in [3.63, 3.8) is 0 Å². The van der Waals surface area contributed by atoms with Crippen LogP contribution in [-0.2, 0) is 4.79 Å². The summed E-state index contributed by atoms with van der Waals surface area (Å²) in [5, 5.41) is 6.39. The van der Waals surface area contributed by atoms with Gasteiger partial charge in [-0.05, 0) is 56.0 Å². The SMILES string of the molecule is CC(CC(=O)Nc1cccc(C(=O)N2CCSCC2)c1)C1CCCNC1.Cl. The molecule has 0 aromatic heterocycles. The number of rotatable bonds is 5. The second-order valence-electron chi connectivity index (χ2n) is 7.32. The maximum absolute atomic E-state index is 12.6. The van der Waals surface area contributed by atoms with Gasteiger partial charge in [-0.1, -0.05) is 13.0 Å². The lowest BCUT2D eigenvalue weighted by atomic mass is 9.85. The van der Waals surface area contributed by atoms with Crippen molar-refractivity contribution >= 4 is 41.7 Å². The highest BCUT2D eigenvalue weighted by molar-refractivity contribution is 7.99. The van der Waals surface area contributed by atoms with Gasteiger partial charge >= 0.3 is 0 Å². The molecule has 2 aliphatic rings. The summed E-state index contributed by atoms with van der Waals surface area (Å²) in [5.74, 6) is 3.01. The van der Waals surface area contributed by atoms with Gasteiger partial charge in [0.25, 0.3) is 5.91 Å². The number of carbonyl (C=O) groups is 2. The van der Waals surface area contributed by atoms with Crippen LogP contribution < -0.4 is 10.6 Å². The smallest absolute Gasteiger partial charge is 0.253 e. The molecule has 0 saturated carbocycles. The zero-order chi connectivity index (χ0) is 18.4. The van der Waals surface area contributed by atoms with Crippen LogP contribution in [0.15, 0.2) is 24.3 Å². The minimum Gasteiger partial charge on any atom is -0.337 e. The average Bonchev–Trinajstić information content (AvgIpc) is 2.69. The Labute approximate surface area is 172 Å². The van der Waals surface area contributed by atoms with Gasteiger partial charge in [0.2, 0.25) is 5.91 Å². The van der Waals surface area contributed by atoms with Gasteiger partial charge in [0.1, 0.15) is 0 Å². The van der Waals surface area contributed by atoms with E-state index in [9.17, 15) is 9.59 Å². The number of thioether (sulfide) groups is 1. The van der Waals surface area contributed by atoms with Crippen LogP contribution in [0, 0.1) is 11.8 Å². The maximum Gasteiger partial charge on any atom is 0.253 e. The molecule has 2 fully saturated rings. The molecule has 1 aromatic rings. The number of carbonyl (C=O) groups excluding carboxylic acids is 2. The van der Waals surface area contributed by atoms with Crippen LogP contribution >= 0.6 is 24.2 Å². The van der Waals surface area contributed by atoms with Crippen molar-refractivity contribution in [3.05, 3.63) is 29.8 Å². The number of nitrogens with one attached hydrogen (secondary N) is 2. The fourth-order valence-electron chi connectivity index (χ4n) is 3.71. The molecule has 0 bridgehead atoms. The number of nitrogens with zero attached hydrogens (tertiary/aromatic N) is 1. The van der Waals surface area contributed by atoms with Gasteiger partial charge in [0, 0.05) is 42.3 Å². The third-order valence-electron chi connectivity index (χ3n) is 5.34. The first-order valence-corrected chi connectivity index (χ1v) is 10.8. The summed E-state index contributed by atoms with van der Waals surface area (Å²) in [4.78, 5) is 26.9. The summed E-state index contributed by atoms with van der Waals surface area (Å²) < 4.78 is 0. The monoisotopic (exact) mass is 411 g/mol. The number of hydrogen-bond donors (Lipinski definition) is 2. The standard InChI is InChI=1S/C20H29N3O2S.ClH/c1-15(17-5-3-7-21-14-17)12-19(24)22-18-6-2-4-16(13-18)20(25)23-8-10-26-11-9-23;/h2,4,6,13,15,17,21H,3,5,7-12,14H2,1H3,(H,22,24);1H. The minimum atomic E-state index is 0. The molecular formula is C20H30ClN3O2S. The maximum atomic E-state index is 12.6. The molecule has 0 radical (unpaired) electrons. The van der Waals surface area contributed by atoms with Gasteiger partial charge < -0.3 is 15.5 Å². The largest absolute Gasteiger partial charge is 0.337 e. The molecule has 0 aliphatic carbocycles. The predicted octanol–water partition coefficient (Wildman–Crippen LogP) is 3.26. The third kappa shape index (κ3) is 6.40. The van der Waals surface area contributed by atoms with Crippen LogP contribution in [0.3, 0.4) is 0 Å². The number of amides is 2. The van der Waals surface area contributed by atoms with E-state index in [1.807, 2.05) is 34.9 Å². The van der Waals surface area contributed by atoms with Gasteiger partial charge in [-0.2, -0.15) is 11.8 Å². The van der Waals surface area contributed by atoms with Crippen molar-refractivity contribution in [2.75, 3.05) is 43.0 Å². The third-order valence-corrected chi connectivity index (χ3v) is 6.28. The quantitative estimate of drug-likeness (QED) is 0.780. The van der Waals surface area contributed by atoms with Crippen molar-refractivity contribution in [1.82, 2.24) is 10.2 Å². The number of benzene rings is 1. The van der Waals surface area contributed by atoms with Gasteiger partial charge in [-0.15, -0.1) is 12.4 Å². The molecule has 150 valence electrons. The van der Waals surface area contributed by atoms with E-state index in [4.69, 9.17) is 0 Å². The van der Waals surface area contributed by atoms with E-state index in [0.717, 1.165) is 37.7 Å². The second kappa shape index (κ2) is 10.9. The molecular weight excluding hydrogens is 382 g/mol. The lowest BCUT2D eigenvalue weighted by molar-refractivity contribution is -0.117. The van der Waals surface area contributed by atoms with E-state index >= 15 is 0 Å². The van der Waals surface area contributed by atoms with E-state index in [-0.39, 0.29) is 24.2 Å². The Morgan fingerprint density at radius 1 is 1.33 bits per heavy atom. The second-order valence-corrected chi connectivity index (χ2v) is 8.55. The summed E-state index contributed by atoms with van der Waals surface area (Å²) in [7, 11) is 0. The molecule has 0 spiro atoms. The zero-order valence-electron chi connectivity index (χ0n) is 15.9. The highest BCUT2D eigenvalue weighted by atomic mass is 35.5. The lowest BCUT2D eigenvalue weighted by Gasteiger charge is -2.28. The first-order valence-electron chi connectivity index (χ1n) is 9.61. The molecule has 7 heteroatoms. The minimum absolute atomic E-state index is 0. The predicted molar refractivity (Wildman–Crippen MR) is 115 cm³/mol. The summed E-state index contributed by atoms with van der Waals surface area (Å²) in [6.45, 7) is 5.85. The van der Waals surface area contributed by atoms with Crippen molar-refractivity contribution in [1.29, 1.82) is 0 Å². The molecule has 2 N–H and O–H groups in total. The Hall–Kier alpha value is -1.24. The summed E-state index contributed by atoms with van der Waals surface area (Å²) in [6.07, 6.45) is 2.91. The van der Waals surface area contributed by atoms with Crippen LogP contribution in [0.1, 0.15) is 36.5 Å². The molecule has 27 heavy (non-hydrogen) atoms. The lowest BCUT2D eigenvalue weighted by Crippen LogP contribution is -2.37. The Bertz CT molecular complexity index is 631. The highest BCUT2D eigenvalue weighted by Crippen LogP contribution is 2.23. The fourth-order valence-corrected chi connectivity index (χ4v) is 4.62. The van der Waals surface area contributed by atoms with E-state index in [1.165, 1.54) is 12.8 Å². The van der Waals surface area contributed by atoms with Crippen molar-refractivity contribution in [2.45, 2.75) is 26.2 Å². The topological polar surface area (TPSA) is 61.4 Å². The molecule has 2 atom stereocenters. The molecule has 3 rings (SSSR count). The van der Waals surface area contributed by atoms with Gasteiger partial charge in [-0.25, -0.2) is 0 Å². The van der Waals surface area contributed by atoms with E-state index in [1.54, 1.807) is 6.07 Å². The molecule has 1 aromatic carbocycles. The Balaban J connectivity index is 0.00000261. The van der Waals surface area contributed by atoms with Crippen molar-refractivity contribution in [2.24, 2.45) is 11.8 Å².